The molecule has 2 saturated carbocycles. The number of allylic oxidation sites excluding steroid dienone is 4. The second-order valence-corrected chi connectivity index (χ2v) is 12.6. The molecule has 7 heteroatoms. The third-order valence-corrected chi connectivity index (χ3v) is 9.84. The molecule has 39 heavy (non-hydrogen) atoms. The number of carbonyl (C=O) groups is 3. The summed E-state index contributed by atoms with van der Waals surface area (Å²) in [5.41, 5.74) is -2.87. The lowest BCUT2D eigenvalue weighted by atomic mass is 9.59. The minimum atomic E-state index is -2.14. The molecule has 0 aliphatic heterocycles. The minimum Gasteiger partial charge on any atom is -0.461 e. The van der Waals surface area contributed by atoms with Gasteiger partial charge in [-0.1, -0.05) is 70.9 Å². The summed E-state index contributed by atoms with van der Waals surface area (Å²) < 4.78 is 11.1. The van der Waals surface area contributed by atoms with Gasteiger partial charge >= 0.3 is 11.9 Å². The Bertz CT molecular complexity index is 1130. The van der Waals surface area contributed by atoms with Crippen LogP contribution in [-0.4, -0.2) is 52.4 Å². The van der Waals surface area contributed by atoms with E-state index in [2.05, 4.69) is 20.8 Å². The molecule has 0 radical (unpaired) electrons. The van der Waals surface area contributed by atoms with Crippen LogP contribution in [0.4, 0.5) is 0 Å². The summed E-state index contributed by atoms with van der Waals surface area (Å²) in [4.78, 5) is 39.1. The lowest BCUT2D eigenvalue weighted by molar-refractivity contribution is -0.201. The number of fused-ring (bicyclic) bond motifs is 3. The second kappa shape index (κ2) is 10.8. The summed E-state index contributed by atoms with van der Waals surface area (Å²) in [6, 6.07) is 0. The van der Waals surface area contributed by atoms with E-state index in [1.54, 1.807) is 31.2 Å². The van der Waals surface area contributed by atoms with Gasteiger partial charge in [-0.05, 0) is 60.5 Å². The van der Waals surface area contributed by atoms with Gasteiger partial charge < -0.3 is 19.7 Å². The van der Waals surface area contributed by atoms with Crippen molar-refractivity contribution < 1.29 is 34.1 Å². The van der Waals surface area contributed by atoms with Crippen molar-refractivity contribution in [2.45, 2.75) is 91.5 Å². The van der Waals surface area contributed by atoms with Crippen LogP contribution in [0.1, 0.15) is 73.6 Å². The number of Topliss-reactive ketones (excluding diaryl/α,β-unsaturated/α-hetero) is 1. The molecule has 8 atom stereocenters. The Hall–Kier alpha value is -2.51. The summed E-state index contributed by atoms with van der Waals surface area (Å²) in [6.45, 7) is 11.1. The zero-order chi connectivity index (χ0) is 28.8. The van der Waals surface area contributed by atoms with Crippen molar-refractivity contribution >= 4 is 17.7 Å². The Morgan fingerprint density at radius 2 is 1.92 bits per heavy atom. The van der Waals surface area contributed by atoms with E-state index >= 15 is 0 Å². The Labute approximate surface area is 232 Å². The molecule has 0 amide bonds. The van der Waals surface area contributed by atoms with E-state index in [0.29, 0.717) is 12.0 Å². The van der Waals surface area contributed by atoms with Crippen LogP contribution in [0.3, 0.4) is 0 Å². The van der Waals surface area contributed by atoms with Crippen molar-refractivity contribution in [1.82, 2.24) is 0 Å². The third-order valence-electron chi connectivity index (χ3n) is 9.84. The maximum Gasteiger partial charge on any atom is 0.331 e. The molecule has 0 heterocycles. The van der Waals surface area contributed by atoms with Crippen molar-refractivity contribution in [3.63, 3.8) is 0 Å². The van der Waals surface area contributed by atoms with Gasteiger partial charge in [-0.25, -0.2) is 4.79 Å². The topological polar surface area (TPSA) is 110 Å². The first kappa shape index (κ1) is 29.5. The third kappa shape index (κ3) is 4.76. The highest BCUT2D eigenvalue weighted by Crippen LogP contribution is 2.71. The van der Waals surface area contributed by atoms with E-state index in [4.69, 9.17) is 9.47 Å². The average molecular weight is 541 g/mol. The molecule has 0 aromatic rings. The second-order valence-electron chi connectivity index (χ2n) is 12.6. The first-order valence-corrected chi connectivity index (χ1v) is 14.4. The SMILES string of the molecule is CCCCC/C=C\C=C/C(=O)O[C@H]1C(C)=C[C@]23C(=O)[C@H](C=C(COC(C)=O)[C@@H](O)[C@]12O)[C@H]1[C@@H](C[C@H]3C)C1(C)C. The summed E-state index contributed by atoms with van der Waals surface area (Å²) in [5.74, 6) is -1.92. The quantitative estimate of drug-likeness (QED) is 0.144. The molecule has 1 spiro atoms. The maximum atomic E-state index is 14.5. The molecule has 4 aliphatic rings. The van der Waals surface area contributed by atoms with E-state index in [1.165, 1.54) is 13.0 Å². The lowest BCUT2D eigenvalue weighted by Crippen LogP contribution is -2.65. The summed E-state index contributed by atoms with van der Waals surface area (Å²) >= 11 is 0. The summed E-state index contributed by atoms with van der Waals surface area (Å²) in [7, 11) is 0. The number of aliphatic hydroxyl groups excluding tert-OH is 1. The predicted octanol–water partition coefficient (Wildman–Crippen LogP) is 4.63. The molecule has 4 rings (SSSR count). The monoisotopic (exact) mass is 540 g/mol. The van der Waals surface area contributed by atoms with Gasteiger partial charge in [0.2, 0.25) is 0 Å². The minimum absolute atomic E-state index is 0.0519. The fourth-order valence-electron chi connectivity index (χ4n) is 7.74. The largest absolute Gasteiger partial charge is 0.461 e. The van der Waals surface area contributed by atoms with Crippen molar-refractivity contribution in [3.8, 4) is 0 Å². The van der Waals surface area contributed by atoms with Gasteiger partial charge in [-0.3, -0.25) is 9.59 Å². The highest BCUT2D eigenvalue weighted by atomic mass is 16.6. The number of ether oxygens (including phenoxy) is 2. The van der Waals surface area contributed by atoms with Crippen LogP contribution in [0.15, 0.2) is 47.6 Å². The van der Waals surface area contributed by atoms with Gasteiger partial charge in [0.25, 0.3) is 0 Å². The number of hydrogen-bond acceptors (Lipinski definition) is 7. The number of unbranched alkanes of at least 4 members (excludes halogenated alkanes) is 3. The van der Waals surface area contributed by atoms with E-state index < -0.39 is 41.1 Å². The Morgan fingerprint density at radius 1 is 1.21 bits per heavy atom. The molecule has 2 N–H and O–H groups in total. The molecular formula is C32H44O7. The highest BCUT2D eigenvalue weighted by Gasteiger charge is 2.76. The number of carbonyl (C=O) groups excluding carboxylic acids is 3. The number of ketones is 1. The molecule has 0 aromatic heterocycles. The fraction of sp³-hybridized carbons (Fsp3) is 0.656. The van der Waals surface area contributed by atoms with Crippen molar-refractivity contribution in [3.05, 3.63) is 47.6 Å². The van der Waals surface area contributed by atoms with E-state index in [1.807, 2.05) is 13.0 Å². The van der Waals surface area contributed by atoms with Crippen LogP contribution in [0.25, 0.3) is 0 Å². The maximum absolute atomic E-state index is 14.5. The summed E-state index contributed by atoms with van der Waals surface area (Å²) in [6.07, 6.45) is 12.3. The van der Waals surface area contributed by atoms with Gasteiger partial charge in [0, 0.05) is 18.9 Å². The van der Waals surface area contributed by atoms with Crippen LogP contribution >= 0.6 is 0 Å². The molecule has 0 aromatic carbocycles. The Morgan fingerprint density at radius 3 is 2.59 bits per heavy atom. The molecule has 2 fully saturated rings. The van der Waals surface area contributed by atoms with E-state index in [0.717, 1.165) is 25.7 Å². The van der Waals surface area contributed by atoms with Gasteiger partial charge in [-0.2, -0.15) is 0 Å². The number of hydrogen-bond donors (Lipinski definition) is 2. The number of esters is 2. The first-order chi connectivity index (χ1) is 18.3. The number of aliphatic hydroxyl groups is 2. The molecular weight excluding hydrogens is 496 g/mol. The standard InChI is InChI=1S/C32H44O7/c1-7-8-9-10-11-12-13-14-25(34)39-29-19(2)17-31-20(3)15-24-26(30(24,5)6)23(28(31)36)16-22(18-38-21(4)33)27(35)32(29,31)37/h11-14,16-17,20,23-24,26-27,29,35,37H,7-10,15,18H2,1-6H3/b12-11-,14-13-/t20-,23-,24-,26+,27-,29+,31+,32+/m1/s1. The fourth-order valence-corrected chi connectivity index (χ4v) is 7.74. The molecule has 214 valence electrons. The van der Waals surface area contributed by atoms with Gasteiger partial charge in [-0.15, -0.1) is 0 Å². The smallest absolute Gasteiger partial charge is 0.331 e. The average Bonchev–Trinajstić information content (AvgIpc) is 3.36. The molecule has 7 nitrogen and oxygen atoms in total. The zero-order valence-corrected chi connectivity index (χ0v) is 24.1. The van der Waals surface area contributed by atoms with Gasteiger partial charge in [0.1, 0.15) is 12.7 Å². The van der Waals surface area contributed by atoms with Crippen LogP contribution < -0.4 is 0 Å². The normalized spacial score (nSPS) is 38.4. The van der Waals surface area contributed by atoms with Gasteiger partial charge in [0.05, 0.1) is 5.41 Å². The Kier molecular flexibility index (Phi) is 8.17. The van der Waals surface area contributed by atoms with E-state index in [-0.39, 0.29) is 41.1 Å². The summed E-state index contributed by atoms with van der Waals surface area (Å²) in [5, 5.41) is 24.3. The van der Waals surface area contributed by atoms with Crippen LogP contribution in [0, 0.1) is 34.5 Å². The first-order valence-electron chi connectivity index (χ1n) is 14.4. The Balaban J connectivity index is 1.69. The molecule has 0 unspecified atom stereocenters. The van der Waals surface area contributed by atoms with Crippen molar-refractivity contribution in [1.29, 1.82) is 0 Å². The number of rotatable bonds is 9. The zero-order valence-electron chi connectivity index (χ0n) is 24.1. The lowest BCUT2D eigenvalue weighted by Gasteiger charge is -2.48. The molecule has 2 bridgehead atoms. The van der Waals surface area contributed by atoms with Crippen molar-refractivity contribution in [2.24, 2.45) is 34.5 Å². The van der Waals surface area contributed by atoms with E-state index in [9.17, 15) is 24.6 Å². The van der Waals surface area contributed by atoms with Gasteiger partial charge in [0.15, 0.2) is 17.5 Å². The highest BCUT2D eigenvalue weighted by molar-refractivity contribution is 5.95. The van der Waals surface area contributed by atoms with Crippen LogP contribution in [0.5, 0.6) is 0 Å². The van der Waals surface area contributed by atoms with Crippen LogP contribution in [0.2, 0.25) is 0 Å². The predicted molar refractivity (Wildman–Crippen MR) is 147 cm³/mol. The molecule has 0 saturated heterocycles. The molecule has 4 aliphatic carbocycles. The van der Waals surface area contributed by atoms with Crippen LogP contribution in [-0.2, 0) is 23.9 Å². The van der Waals surface area contributed by atoms with Crippen molar-refractivity contribution in [2.75, 3.05) is 6.61 Å².